The summed E-state index contributed by atoms with van der Waals surface area (Å²) < 4.78 is 10.2. The van der Waals surface area contributed by atoms with Gasteiger partial charge in [0.05, 0.1) is 6.10 Å². The van der Waals surface area contributed by atoms with E-state index in [-0.39, 0.29) is 25.3 Å². The van der Waals surface area contributed by atoms with Gasteiger partial charge < -0.3 is 9.47 Å². The molecule has 0 spiro atoms. The number of ether oxygens (including phenoxy) is 2. The van der Waals surface area contributed by atoms with Gasteiger partial charge in [0.2, 0.25) is 0 Å². The summed E-state index contributed by atoms with van der Waals surface area (Å²) in [6, 6.07) is 0. The fraction of sp³-hybridized carbons (Fsp3) is 0.727. The van der Waals surface area contributed by atoms with Crippen molar-refractivity contribution in [2.75, 3.05) is 13.2 Å². The Morgan fingerprint density at radius 2 is 2.07 bits per heavy atom. The first-order valence-electron chi connectivity index (χ1n) is 5.21. The second kappa shape index (κ2) is 6.60. The highest BCUT2D eigenvalue weighted by atomic mass is 16.6. The third-order valence-electron chi connectivity index (χ3n) is 2.35. The van der Waals surface area contributed by atoms with E-state index in [2.05, 4.69) is 6.58 Å². The summed E-state index contributed by atoms with van der Waals surface area (Å²) in [5.41, 5.74) is 0. The van der Waals surface area contributed by atoms with Crippen LogP contribution in [0, 0.1) is 0 Å². The molecule has 1 aliphatic rings. The molecule has 0 unspecified atom stereocenters. The SMILES string of the molecule is C=CCOC(=O)COC1CCCCC1. The molecule has 0 radical (unpaired) electrons. The molecule has 0 atom stereocenters. The van der Waals surface area contributed by atoms with Gasteiger partial charge in [0.25, 0.3) is 0 Å². The van der Waals surface area contributed by atoms with Gasteiger partial charge >= 0.3 is 5.97 Å². The van der Waals surface area contributed by atoms with Crippen LogP contribution in [0.1, 0.15) is 32.1 Å². The van der Waals surface area contributed by atoms with Gasteiger partial charge in [0.15, 0.2) is 0 Å². The van der Waals surface area contributed by atoms with Gasteiger partial charge in [-0.05, 0) is 12.8 Å². The first kappa shape index (κ1) is 11.2. The highest BCUT2D eigenvalue weighted by Crippen LogP contribution is 2.19. The van der Waals surface area contributed by atoms with Crippen molar-refractivity contribution >= 4 is 5.97 Å². The molecule has 14 heavy (non-hydrogen) atoms. The van der Waals surface area contributed by atoms with Crippen LogP contribution < -0.4 is 0 Å². The van der Waals surface area contributed by atoms with Gasteiger partial charge in [-0.15, -0.1) is 0 Å². The molecule has 3 nitrogen and oxygen atoms in total. The molecule has 1 saturated carbocycles. The molecule has 0 aliphatic heterocycles. The Morgan fingerprint density at radius 1 is 1.36 bits per heavy atom. The van der Waals surface area contributed by atoms with Gasteiger partial charge in [-0.3, -0.25) is 0 Å². The first-order valence-corrected chi connectivity index (χ1v) is 5.21. The molecule has 0 aromatic heterocycles. The van der Waals surface area contributed by atoms with Crippen molar-refractivity contribution in [3.8, 4) is 0 Å². The Hall–Kier alpha value is -0.830. The standard InChI is InChI=1S/C11H18O3/c1-2-8-13-11(12)9-14-10-6-4-3-5-7-10/h2,10H,1,3-9H2. The van der Waals surface area contributed by atoms with E-state index in [9.17, 15) is 4.79 Å². The topological polar surface area (TPSA) is 35.5 Å². The van der Waals surface area contributed by atoms with Crippen LogP contribution in [0.3, 0.4) is 0 Å². The number of carbonyl (C=O) groups is 1. The van der Waals surface area contributed by atoms with Crippen LogP contribution >= 0.6 is 0 Å². The maximum Gasteiger partial charge on any atom is 0.332 e. The lowest BCUT2D eigenvalue weighted by molar-refractivity contribution is -0.150. The molecule has 0 bridgehead atoms. The minimum absolute atomic E-state index is 0.0819. The molecule has 0 aromatic rings. The van der Waals surface area contributed by atoms with Gasteiger partial charge in [-0.25, -0.2) is 4.79 Å². The van der Waals surface area contributed by atoms with Crippen molar-refractivity contribution in [1.29, 1.82) is 0 Å². The summed E-state index contributed by atoms with van der Waals surface area (Å²) in [6.45, 7) is 3.82. The molecule has 3 heteroatoms. The fourth-order valence-corrected chi connectivity index (χ4v) is 1.61. The average Bonchev–Trinajstić information content (AvgIpc) is 2.25. The predicted octanol–water partition coefficient (Wildman–Crippen LogP) is 2.06. The van der Waals surface area contributed by atoms with E-state index in [4.69, 9.17) is 9.47 Å². The molecular weight excluding hydrogens is 180 g/mol. The van der Waals surface area contributed by atoms with E-state index in [0.29, 0.717) is 0 Å². The smallest absolute Gasteiger partial charge is 0.332 e. The van der Waals surface area contributed by atoms with Crippen LogP contribution in [0.5, 0.6) is 0 Å². The Kier molecular flexibility index (Phi) is 5.30. The minimum Gasteiger partial charge on any atom is -0.460 e. The monoisotopic (exact) mass is 198 g/mol. The molecule has 1 aliphatic carbocycles. The first-order chi connectivity index (χ1) is 6.83. The van der Waals surface area contributed by atoms with Crippen molar-refractivity contribution in [3.63, 3.8) is 0 Å². The number of rotatable bonds is 5. The second-order valence-corrected chi connectivity index (χ2v) is 3.54. The molecule has 0 aromatic carbocycles. The summed E-state index contributed by atoms with van der Waals surface area (Å²) >= 11 is 0. The van der Waals surface area contributed by atoms with Crippen LogP contribution in [-0.2, 0) is 14.3 Å². The van der Waals surface area contributed by atoms with Crippen LogP contribution in [0.25, 0.3) is 0 Å². The second-order valence-electron chi connectivity index (χ2n) is 3.54. The number of carbonyl (C=O) groups excluding carboxylic acids is 1. The number of hydrogen-bond acceptors (Lipinski definition) is 3. The zero-order valence-electron chi connectivity index (χ0n) is 8.54. The molecule has 0 N–H and O–H groups in total. The number of esters is 1. The van der Waals surface area contributed by atoms with Crippen LogP contribution in [0.2, 0.25) is 0 Å². The van der Waals surface area contributed by atoms with Gasteiger partial charge in [0, 0.05) is 0 Å². The van der Waals surface area contributed by atoms with Gasteiger partial charge in [-0.2, -0.15) is 0 Å². The Balaban J connectivity index is 2.06. The summed E-state index contributed by atoms with van der Waals surface area (Å²) in [4.78, 5) is 11.0. The van der Waals surface area contributed by atoms with Crippen LogP contribution in [0.15, 0.2) is 12.7 Å². The third kappa shape index (κ3) is 4.42. The maximum absolute atomic E-state index is 11.0. The molecule has 0 amide bonds. The zero-order chi connectivity index (χ0) is 10.2. The maximum atomic E-state index is 11.0. The largest absolute Gasteiger partial charge is 0.460 e. The van der Waals surface area contributed by atoms with Crippen molar-refractivity contribution in [3.05, 3.63) is 12.7 Å². The van der Waals surface area contributed by atoms with E-state index in [1.807, 2.05) is 0 Å². The Labute approximate surface area is 85.1 Å². The average molecular weight is 198 g/mol. The molecule has 1 fully saturated rings. The Bertz CT molecular complexity index is 183. The van der Waals surface area contributed by atoms with Crippen LogP contribution in [-0.4, -0.2) is 25.3 Å². The summed E-state index contributed by atoms with van der Waals surface area (Å²) in [5, 5.41) is 0. The number of hydrogen-bond donors (Lipinski definition) is 0. The van der Waals surface area contributed by atoms with Crippen LogP contribution in [0.4, 0.5) is 0 Å². The molecular formula is C11H18O3. The van der Waals surface area contributed by atoms with E-state index in [1.54, 1.807) is 6.08 Å². The van der Waals surface area contributed by atoms with Crippen molar-refractivity contribution < 1.29 is 14.3 Å². The zero-order valence-corrected chi connectivity index (χ0v) is 8.54. The Morgan fingerprint density at radius 3 is 2.71 bits per heavy atom. The molecule has 0 saturated heterocycles. The lowest BCUT2D eigenvalue weighted by Crippen LogP contribution is -2.22. The van der Waals surface area contributed by atoms with Crippen molar-refractivity contribution in [2.45, 2.75) is 38.2 Å². The van der Waals surface area contributed by atoms with E-state index >= 15 is 0 Å². The van der Waals surface area contributed by atoms with Crippen molar-refractivity contribution in [1.82, 2.24) is 0 Å². The van der Waals surface area contributed by atoms with E-state index < -0.39 is 0 Å². The predicted molar refractivity (Wildman–Crippen MR) is 54.0 cm³/mol. The minimum atomic E-state index is -0.296. The normalized spacial score (nSPS) is 17.7. The highest BCUT2D eigenvalue weighted by Gasteiger charge is 2.15. The lowest BCUT2D eigenvalue weighted by Gasteiger charge is -2.21. The summed E-state index contributed by atoms with van der Waals surface area (Å²) in [5.74, 6) is -0.296. The highest BCUT2D eigenvalue weighted by molar-refractivity contribution is 5.70. The van der Waals surface area contributed by atoms with E-state index in [1.165, 1.54) is 19.3 Å². The summed E-state index contributed by atoms with van der Waals surface area (Å²) in [6.07, 6.45) is 7.70. The molecule has 80 valence electrons. The van der Waals surface area contributed by atoms with E-state index in [0.717, 1.165) is 12.8 Å². The molecule has 1 rings (SSSR count). The fourth-order valence-electron chi connectivity index (χ4n) is 1.61. The van der Waals surface area contributed by atoms with Crippen molar-refractivity contribution in [2.24, 2.45) is 0 Å². The molecule has 0 heterocycles. The third-order valence-corrected chi connectivity index (χ3v) is 2.35. The lowest BCUT2D eigenvalue weighted by atomic mass is 9.98. The summed E-state index contributed by atoms with van der Waals surface area (Å²) in [7, 11) is 0. The van der Waals surface area contributed by atoms with Gasteiger partial charge in [0.1, 0.15) is 13.2 Å². The van der Waals surface area contributed by atoms with Gasteiger partial charge in [-0.1, -0.05) is 31.9 Å². The quantitative estimate of drug-likeness (QED) is 0.501.